The molecule has 0 saturated carbocycles. The smallest absolute Gasteiger partial charge is 0.271 e. The Hall–Kier alpha value is -1.80. The topological polar surface area (TPSA) is 99.9 Å². The number of nitro groups is 1. The summed E-state index contributed by atoms with van der Waals surface area (Å²) in [7, 11) is 0. The van der Waals surface area contributed by atoms with Crippen LogP contribution in [-0.2, 0) is 13.1 Å². The maximum atomic E-state index is 11.0. The number of halogens is 1. The minimum Gasteiger partial charge on any atom is -0.324 e. The Kier molecular flexibility index (Phi) is 4.69. The Balaban J connectivity index is 2.56. The van der Waals surface area contributed by atoms with Crippen molar-refractivity contribution >= 4 is 21.6 Å². The van der Waals surface area contributed by atoms with E-state index in [4.69, 9.17) is 5.73 Å². The van der Waals surface area contributed by atoms with Gasteiger partial charge in [0.25, 0.3) is 5.69 Å². The van der Waals surface area contributed by atoms with Crippen LogP contribution >= 0.6 is 15.9 Å². The summed E-state index contributed by atoms with van der Waals surface area (Å²) in [5.41, 5.74) is 6.33. The normalized spacial score (nSPS) is 11.1. The first kappa shape index (κ1) is 15.6. The Labute approximate surface area is 130 Å². The summed E-state index contributed by atoms with van der Waals surface area (Å²) < 4.78 is 2.54. The fourth-order valence-electron chi connectivity index (χ4n) is 2.07. The lowest BCUT2D eigenvalue weighted by Crippen LogP contribution is -2.13. The number of benzene rings is 1. The minimum atomic E-state index is -0.429. The fourth-order valence-corrected chi connectivity index (χ4v) is 2.55. The highest BCUT2D eigenvalue weighted by molar-refractivity contribution is 9.10. The number of nitro benzene ring substituents is 1. The molecule has 0 radical (unpaired) electrons. The molecular formula is C13H16BrN5O2. The molecule has 0 bridgehead atoms. The summed E-state index contributed by atoms with van der Waals surface area (Å²) in [5, 5.41) is 19.2. The first-order chi connectivity index (χ1) is 9.92. The Morgan fingerprint density at radius 1 is 1.38 bits per heavy atom. The molecule has 7 nitrogen and oxygen atoms in total. The SMILES string of the molecule is CC(C)Cn1c(CN)nnc1-c1cc(Br)cc([N+](=O)[O-])c1. The zero-order valence-corrected chi connectivity index (χ0v) is 13.4. The molecule has 0 aliphatic heterocycles. The summed E-state index contributed by atoms with van der Waals surface area (Å²) >= 11 is 3.29. The van der Waals surface area contributed by atoms with E-state index in [1.54, 1.807) is 6.07 Å². The standard InChI is InChI=1S/C13H16BrN5O2/c1-8(2)7-18-12(6-15)16-17-13(18)9-3-10(14)5-11(4-9)19(20)21/h3-5,8H,6-7,15H2,1-2H3. The van der Waals surface area contributed by atoms with Crippen LogP contribution in [0.15, 0.2) is 22.7 Å². The third-order valence-electron chi connectivity index (χ3n) is 2.91. The molecule has 0 fully saturated rings. The summed E-state index contributed by atoms with van der Waals surface area (Å²) in [5.74, 6) is 1.64. The molecule has 2 aromatic rings. The van der Waals surface area contributed by atoms with Crippen LogP contribution in [0.5, 0.6) is 0 Å². The van der Waals surface area contributed by atoms with Gasteiger partial charge in [0.2, 0.25) is 0 Å². The van der Waals surface area contributed by atoms with Gasteiger partial charge in [0.1, 0.15) is 5.82 Å². The molecule has 1 heterocycles. The number of nitrogens with zero attached hydrogens (tertiary/aromatic N) is 4. The average Bonchev–Trinajstić information content (AvgIpc) is 2.80. The van der Waals surface area contributed by atoms with Gasteiger partial charge in [-0.25, -0.2) is 0 Å². The van der Waals surface area contributed by atoms with Gasteiger partial charge >= 0.3 is 0 Å². The van der Waals surface area contributed by atoms with Crippen molar-refractivity contribution in [1.29, 1.82) is 0 Å². The van der Waals surface area contributed by atoms with E-state index in [1.807, 2.05) is 4.57 Å². The molecule has 112 valence electrons. The van der Waals surface area contributed by atoms with E-state index in [-0.39, 0.29) is 12.2 Å². The van der Waals surface area contributed by atoms with Gasteiger partial charge in [-0.1, -0.05) is 29.8 Å². The number of aromatic nitrogens is 3. The molecule has 21 heavy (non-hydrogen) atoms. The van der Waals surface area contributed by atoms with E-state index in [0.29, 0.717) is 34.1 Å². The van der Waals surface area contributed by atoms with E-state index in [9.17, 15) is 10.1 Å². The molecule has 2 N–H and O–H groups in total. The van der Waals surface area contributed by atoms with Gasteiger partial charge in [-0.2, -0.15) is 0 Å². The van der Waals surface area contributed by atoms with Gasteiger partial charge in [-0.05, 0) is 12.0 Å². The number of nitrogens with two attached hydrogens (primary N) is 1. The molecule has 2 rings (SSSR count). The van der Waals surface area contributed by atoms with Crippen LogP contribution in [0, 0.1) is 16.0 Å². The molecule has 1 aromatic heterocycles. The molecule has 1 aromatic carbocycles. The highest BCUT2D eigenvalue weighted by Crippen LogP contribution is 2.28. The van der Waals surface area contributed by atoms with Gasteiger partial charge < -0.3 is 10.3 Å². The van der Waals surface area contributed by atoms with E-state index >= 15 is 0 Å². The third-order valence-corrected chi connectivity index (χ3v) is 3.37. The Morgan fingerprint density at radius 2 is 2.10 bits per heavy atom. The lowest BCUT2D eigenvalue weighted by atomic mass is 10.1. The molecule has 0 aliphatic rings. The highest BCUT2D eigenvalue weighted by atomic mass is 79.9. The van der Waals surface area contributed by atoms with Crippen LogP contribution in [-0.4, -0.2) is 19.7 Å². The van der Waals surface area contributed by atoms with Crippen LogP contribution in [0.4, 0.5) is 5.69 Å². The van der Waals surface area contributed by atoms with Crippen molar-refractivity contribution in [3.63, 3.8) is 0 Å². The second-order valence-corrected chi connectivity index (χ2v) is 6.02. The molecular weight excluding hydrogens is 338 g/mol. The van der Waals surface area contributed by atoms with Gasteiger partial charge in [-0.3, -0.25) is 10.1 Å². The fraction of sp³-hybridized carbons (Fsp3) is 0.385. The largest absolute Gasteiger partial charge is 0.324 e. The zero-order valence-electron chi connectivity index (χ0n) is 11.8. The summed E-state index contributed by atoms with van der Waals surface area (Å²) in [4.78, 5) is 10.6. The molecule has 8 heteroatoms. The third kappa shape index (κ3) is 3.45. The lowest BCUT2D eigenvalue weighted by Gasteiger charge is -2.12. The van der Waals surface area contributed by atoms with Crippen LogP contribution in [0.3, 0.4) is 0 Å². The quantitative estimate of drug-likeness (QED) is 0.657. The predicted molar refractivity (Wildman–Crippen MR) is 82.5 cm³/mol. The average molecular weight is 354 g/mol. The Morgan fingerprint density at radius 3 is 2.67 bits per heavy atom. The van der Waals surface area contributed by atoms with E-state index in [2.05, 4.69) is 40.0 Å². The zero-order chi connectivity index (χ0) is 15.6. The summed E-state index contributed by atoms with van der Waals surface area (Å²) in [6.07, 6.45) is 0. The monoisotopic (exact) mass is 353 g/mol. The van der Waals surface area contributed by atoms with Crippen LogP contribution in [0.1, 0.15) is 19.7 Å². The van der Waals surface area contributed by atoms with Crippen molar-refractivity contribution in [1.82, 2.24) is 14.8 Å². The van der Waals surface area contributed by atoms with Gasteiger partial charge in [0, 0.05) is 28.7 Å². The van der Waals surface area contributed by atoms with Gasteiger partial charge in [-0.15, -0.1) is 10.2 Å². The highest BCUT2D eigenvalue weighted by Gasteiger charge is 2.17. The van der Waals surface area contributed by atoms with Crippen LogP contribution in [0.25, 0.3) is 11.4 Å². The first-order valence-corrected chi connectivity index (χ1v) is 7.29. The predicted octanol–water partition coefficient (Wildman–Crippen LogP) is 2.73. The van der Waals surface area contributed by atoms with Crippen LogP contribution in [0.2, 0.25) is 0 Å². The summed E-state index contributed by atoms with van der Waals surface area (Å²) in [6.45, 7) is 5.13. The van der Waals surface area contributed by atoms with Crippen molar-refractivity contribution in [2.45, 2.75) is 26.9 Å². The van der Waals surface area contributed by atoms with Crippen molar-refractivity contribution < 1.29 is 4.92 Å². The first-order valence-electron chi connectivity index (χ1n) is 6.50. The van der Waals surface area contributed by atoms with Crippen molar-refractivity contribution in [3.05, 3.63) is 38.6 Å². The molecule has 0 saturated heterocycles. The second-order valence-electron chi connectivity index (χ2n) is 5.10. The minimum absolute atomic E-state index is 0.00719. The molecule has 0 spiro atoms. The lowest BCUT2D eigenvalue weighted by molar-refractivity contribution is -0.384. The maximum absolute atomic E-state index is 11.0. The number of hydrogen-bond donors (Lipinski definition) is 1. The summed E-state index contributed by atoms with van der Waals surface area (Å²) in [6, 6.07) is 4.73. The maximum Gasteiger partial charge on any atom is 0.271 e. The molecule has 0 unspecified atom stereocenters. The second kappa shape index (κ2) is 6.31. The number of hydrogen-bond acceptors (Lipinski definition) is 5. The number of non-ortho nitro benzene ring substituents is 1. The van der Waals surface area contributed by atoms with E-state index in [0.717, 1.165) is 0 Å². The molecule has 0 atom stereocenters. The molecule has 0 amide bonds. The van der Waals surface area contributed by atoms with Crippen LogP contribution < -0.4 is 5.73 Å². The van der Waals surface area contributed by atoms with Crippen molar-refractivity contribution in [2.75, 3.05) is 0 Å². The van der Waals surface area contributed by atoms with Crippen molar-refractivity contribution in [2.24, 2.45) is 11.7 Å². The van der Waals surface area contributed by atoms with E-state index in [1.165, 1.54) is 12.1 Å². The van der Waals surface area contributed by atoms with E-state index < -0.39 is 4.92 Å². The van der Waals surface area contributed by atoms with Crippen molar-refractivity contribution in [3.8, 4) is 11.4 Å². The molecule has 0 aliphatic carbocycles. The van der Waals surface area contributed by atoms with Gasteiger partial charge in [0.05, 0.1) is 11.5 Å². The Bertz CT molecular complexity index is 669. The van der Waals surface area contributed by atoms with Gasteiger partial charge in [0.15, 0.2) is 5.82 Å². The number of rotatable bonds is 5.